The van der Waals surface area contributed by atoms with Crippen LogP contribution in [0.3, 0.4) is 0 Å². The summed E-state index contributed by atoms with van der Waals surface area (Å²) in [6.45, 7) is 0. The molecule has 67 heavy (non-hydrogen) atoms. The number of rotatable bonds is 7. The van der Waals surface area contributed by atoms with Gasteiger partial charge in [0.1, 0.15) is 11.5 Å². The van der Waals surface area contributed by atoms with Gasteiger partial charge in [-0.1, -0.05) is 218 Å². The van der Waals surface area contributed by atoms with Crippen LogP contribution >= 0.6 is 0 Å². The molecule has 0 spiro atoms. The Labute approximate surface area is 391 Å². The lowest BCUT2D eigenvalue weighted by Gasteiger charge is -2.34. The molecule has 0 aromatic heterocycles. The first-order valence-electron chi connectivity index (χ1n) is 23.1. The number of benzene rings is 11. The first kappa shape index (κ1) is 38.7. The maximum atomic E-state index is 7.21. The van der Waals surface area contributed by atoms with Crippen LogP contribution < -0.4 is 9.64 Å². The van der Waals surface area contributed by atoms with E-state index in [1.165, 1.54) is 50.1 Å². The van der Waals surface area contributed by atoms with Gasteiger partial charge in [0.25, 0.3) is 0 Å². The zero-order valence-electron chi connectivity index (χ0n) is 36.7. The lowest BCUT2D eigenvalue weighted by molar-refractivity contribution is 0.488. The minimum atomic E-state index is -0.499. The molecule has 314 valence electrons. The topological polar surface area (TPSA) is 12.5 Å². The van der Waals surface area contributed by atoms with Gasteiger partial charge in [-0.15, -0.1) is 0 Å². The van der Waals surface area contributed by atoms with Crippen LogP contribution in [0.15, 0.2) is 261 Å². The molecule has 1 aliphatic carbocycles. The number of hydrogen-bond acceptors (Lipinski definition) is 2. The highest BCUT2D eigenvalue weighted by molar-refractivity contribution is 6.11. The van der Waals surface area contributed by atoms with E-state index in [9.17, 15) is 0 Å². The van der Waals surface area contributed by atoms with Crippen molar-refractivity contribution in [2.75, 3.05) is 4.90 Å². The van der Waals surface area contributed by atoms with Gasteiger partial charge in [-0.25, -0.2) is 0 Å². The van der Waals surface area contributed by atoms with Crippen LogP contribution in [0.5, 0.6) is 11.5 Å². The van der Waals surface area contributed by atoms with E-state index in [-0.39, 0.29) is 0 Å². The van der Waals surface area contributed by atoms with E-state index in [2.05, 4.69) is 266 Å². The molecule has 0 bridgehead atoms. The molecule has 2 heteroatoms. The summed E-state index contributed by atoms with van der Waals surface area (Å²) in [5.41, 5.74) is 19.4. The fraction of sp³-hybridized carbons (Fsp3) is 0.0154. The number of fused-ring (bicyclic) bond motifs is 10. The van der Waals surface area contributed by atoms with Crippen LogP contribution in [-0.2, 0) is 5.41 Å². The molecule has 1 heterocycles. The van der Waals surface area contributed by atoms with Gasteiger partial charge < -0.3 is 9.64 Å². The molecule has 1 aliphatic heterocycles. The first-order valence-corrected chi connectivity index (χ1v) is 23.1. The number of hydrogen-bond donors (Lipinski definition) is 0. The van der Waals surface area contributed by atoms with Gasteiger partial charge in [0.2, 0.25) is 0 Å². The van der Waals surface area contributed by atoms with Crippen molar-refractivity contribution in [2.24, 2.45) is 0 Å². The van der Waals surface area contributed by atoms with Crippen molar-refractivity contribution in [3.05, 3.63) is 283 Å². The number of ether oxygens (including phenoxy) is 1. The zero-order valence-corrected chi connectivity index (χ0v) is 36.7. The van der Waals surface area contributed by atoms with Crippen molar-refractivity contribution < 1.29 is 4.74 Å². The Morgan fingerprint density at radius 1 is 0.299 bits per heavy atom. The van der Waals surface area contributed by atoms with Gasteiger partial charge >= 0.3 is 0 Å². The third-order valence-electron chi connectivity index (χ3n) is 14.0. The molecule has 0 fully saturated rings. The van der Waals surface area contributed by atoms with E-state index >= 15 is 0 Å². The first-order chi connectivity index (χ1) is 33.2. The maximum absolute atomic E-state index is 7.21. The molecule has 0 saturated heterocycles. The lowest BCUT2D eigenvalue weighted by atomic mass is 9.68. The average molecular weight is 854 g/mol. The molecule has 0 radical (unpaired) electrons. The zero-order chi connectivity index (χ0) is 44.3. The number of anilines is 3. The van der Waals surface area contributed by atoms with Gasteiger partial charge in [0.15, 0.2) is 0 Å². The molecule has 11 aromatic rings. The maximum Gasteiger partial charge on any atom is 0.138 e. The monoisotopic (exact) mass is 853 g/mol. The van der Waals surface area contributed by atoms with E-state index in [0.29, 0.717) is 0 Å². The van der Waals surface area contributed by atoms with Gasteiger partial charge in [-0.3, -0.25) is 0 Å². The van der Waals surface area contributed by atoms with Gasteiger partial charge in [0.05, 0.1) is 11.1 Å². The molecule has 2 aliphatic rings. The fourth-order valence-electron chi connectivity index (χ4n) is 11.0. The third-order valence-corrected chi connectivity index (χ3v) is 14.0. The van der Waals surface area contributed by atoms with Crippen molar-refractivity contribution in [3.63, 3.8) is 0 Å². The highest BCUT2D eigenvalue weighted by Crippen LogP contribution is 2.57. The van der Waals surface area contributed by atoms with Crippen LogP contribution in [0.2, 0.25) is 0 Å². The van der Waals surface area contributed by atoms with Crippen LogP contribution in [0.4, 0.5) is 17.1 Å². The van der Waals surface area contributed by atoms with Gasteiger partial charge in [0, 0.05) is 34.0 Å². The molecule has 0 unspecified atom stereocenters. The predicted molar refractivity (Wildman–Crippen MR) is 278 cm³/mol. The third kappa shape index (κ3) is 6.18. The Kier molecular flexibility index (Phi) is 9.11. The molecular formula is C65H43NO. The Balaban J connectivity index is 1.02. The highest BCUT2D eigenvalue weighted by Gasteiger charge is 2.46. The fourth-order valence-corrected chi connectivity index (χ4v) is 11.0. The molecule has 0 amide bonds. The summed E-state index contributed by atoms with van der Waals surface area (Å²) in [6, 6.07) is 94.8. The van der Waals surface area contributed by atoms with Crippen molar-refractivity contribution in [2.45, 2.75) is 5.41 Å². The molecule has 2 nitrogen and oxygen atoms in total. The van der Waals surface area contributed by atoms with E-state index in [1.54, 1.807) is 0 Å². The van der Waals surface area contributed by atoms with E-state index in [4.69, 9.17) is 4.74 Å². The summed E-state index contributed by atoms with van der Waals surface area (Å²) in [5, 5.41) is 2.26. The normalized spacial score (nSPS) is 12.7. The van der Waals surface area contributed by atoms with E-state index < -0.39 is 5.41 Å². The molecular weight excluding hydrogens is 811 g/mol. The minimum absolute atomic E-state index is 0.499. The van der Waals surface area contributed by atoms with Crippen molar-refractivity contribution >= 4 is 27.8 Å². The van der Waals surface area contributed by atoms with Gasteiger partial charge in [-0.05, 0) is 109 Å². The highest BCUT2D eigenvalue weighted by atomic mass is 16.5. The summed E-state index contributed by atoms with van der Waals surface area (Å²) < 4.78 is 7.21. The summed E-state index contributed by atoms with van der Waals surface area (Å²) in [7, 11) is 0. The van der Waals surface area contributed by atoms with Crippen LogP contribution in [-0.4, -0.2) is 0 Å². The second-order valence-electron chi connectivity index (χ2n) is 17.5. The number of nitrogens with zero attached hydrogens (tertiary/aromatic N) is 1. The summed E-state index contributed by atoms with van der Waals surface area (Å²) in [6.07, 6.45) is 0. The predicted octanol–water partition coefficient (Wildman–Crippen LogP) is 17.4. The summed E-state index contributed by atoms with van der Waals surface area (Å²) in [4.78, 5) is 2.41. The van der Waals surface area contributed by atoms with Gasteiger partial charge in [-0.2, -0.15) is 0 Å². The molecule has 0 N–H and O–H groups in total. The van der Waals surface area contributed by atoms with Crippen LogP contribution in [0.25, 0.3) is 66.4 Å². The summed E-state index contributed by atoms with van der Waals surface area (Å²) >= 11 is 0. The van der Waals surface area contributed by atoms with E-state index in [0.717, 1.165) is 67.2 Å². The second-order valence-corrected chi connectivity index (χ2v) is 17.5. The Hall–Kier alpha value is -8.72. The van der Waals surface area contributed by atoms with Crippen molar-refractivity contribution in [3.8, 4) is 67.1 Å². The largest absolute Gasteiger partial charge is 0.456 e. The van der Waals surface area contributed by atoms with Crippen molar-refractivity contribution in [1.29, 1.82) is 0 Å². The minimum Gasteiger partial charge on any atom is -0.456 e. The standard InChI is InChI=1S/C65H43NO/c1-4-18-44(19-5-1)46-32-37-50(38-33-46)66(51-39-35-49(36-40-51)65(48-22-8-3-9-23-48)59-30-16-14-25-53(59)54-26-15-17-31-60(54)65)61-43-63-64(57-29-13-11-27-55(57)61)56-28-12-10-24-52(56)58-42-47(34-41-62(58)67-63)45-20-6-2-7-21-45/h1-43H. The smallest absolute Gasteiger partial charge is 0.138 e. The lowest BCUT2D eigenvalue weighted by Crippen LogP contribution is -2.28. The van der Waals surface area contributed by atoms with Crippen LogP contribution in [0.1, 0.15) is 22.3 Å². The molecule has 11 aromatic carbocycles. The summed E-state index contributed by atoms with van der Waals surface area (Å²) in [5.74, 6) is 1.65. The van der Waals surface area contributed by atoms with Crippen molar-refractivity contribution in [1.82, 2.24) is 0 Å². The Morgan fingerprint density at radius 2 is 0.761 bits per heavy atom. The Bertz CT molecular complexity index is 3590. The second kappa shape index (κ2) is 15.8. The average Bonchev–Trinajstić information content (AvgIpc) is 3.63. The van der Waals surface area contributed by atoms with E-state index in [1.807, 2.05) is 0 Å². The SMILES string of the molecule is c1ccc(-c2ccc(N(c3ccc(C4(c5ccccc5)c5ccccc5-c5ccccc54)cc3)c3cc4c(c5ccccc35)-c3ccccc3-c3cc(-c5ccccc5)ccc3O4)cc2)cc1. The quantitative estimate of drug-likeness (QED) is 0.158. The molecule has 0 saturated carbocycles. The Morgan fingerprint density at radius 3 is 1.40 bits per heavy atom. The molecule has 0 atom stereocenters. The van der Waals surface area contributed by atoms with Crippen LogP contribution in [0, 0.1) is 0 Å². The molecule has 13 rings (SSSR count).